The zero-order chi connectivity index (χ0) is 26.0. The lowest BCUT2D eigenvalue weighted by Gasteiger charge is -2.21. The molecule has 1 N–H and O–H groups in total. The van der Waals surface area contributed by atoms with Crippen LogP contribution in [0.25, 0.3) is 21.3 Å². The Morgan fingerprint density at radius 3 is 2.55 bits per heavy atom. The summed E-state index contributed by atoms with van der Waals surface area (Å²) in [5.41, 5.74) is 3.63. The van der Waals surface area contributed by atoms with E-state index >= 15 is 0 Å². The van der Waals surface area contributed by atoms with E-state index in [1.165, 1.54) is 11.5 Å². The highest BCUT2D eigenvalue weighted by Crippen LogP contribution is 2.47. The van der Waals surface area contributed by atoms with E-state index in [1.807, 2.05) is 30.3 Å². The Hall–Kier alpha value is -2.65. The molecule has 2 aromatic carbocycles. The first-order valence-electron chi connectivity index (χ1n) is 12.9. The summed E-state index contributed by atoms with van der Waals surface area (Å²) in [6, 6.07) is 11.4. The third kappa shape index (κ3) is 4.28. The first-order chi connectivity index (χ1) is 18.5. The summed E-state index contributed by atoms with van der Waals surface area (Å²) in [6.07, 6.45) is 4.42. The van der Waals surface area contributed by atoms with Crippen LogP contribution in [-0.4, -0.2) is 39.8 Å². The number of anilines is 1. The van der Waals surface area contributed by atoms with Crippen molar-refractivity contribution >= 4 is 56.5 Å². The molecule has 7 nitrogen and oxygen atoms in total. The molecule has 2 aromatic heterocycles. The van der Waals surface area contributed by atoms with Crippen LogP contribution in [0, 0.1) is 11.8 Å². The maximum Gasteiger partial charge on any atom is 0.356 e. The number of aromatic nitrogens is 2. The molecule has 0 spiro atoms. The summed E-state index contributed by atoms with van der Waals surface area (Å²) >= 11 is 14.3. The van der Waals surface area contributed by atoms with Crippen molar-refractivity contribution in [3.8, 4) is 11.3 Å². The third-order valence-electron chi connectivity index (χ3n) is 8.16. The van der Waals surface area contributed by atoms with E-state index < -0.39 is 5.97 Å². The molecule has 2 aliphatic carbocycles. The zero-order valence-corrected chi connectivity index (χ0v) is 22.7. The van der Waals surface area contributed by atoms with Crippen molar-refractivity contribution in [3.63, 3.8) is 0 Å². The predicted molar refractivity (Wildman–Crippen MR) is 148 cm³/mol. The number of benzene rings is 2. The quantitative estimate of drug-likeness (QED) is 0.250. The van der Waals surface area contributed by atoms with E-state index in [-0.39, 0.29) is 11.8 Å². The Morgan fingerprint density at radius 1 is 1.13 bits per heavy atom. The second-order valence-electron chi connectivity index (χ2n) is 10.6. The van der Waals surface area contributed by atoms with Crippen molar-refractivity contribution in [2.45, 2.75) is 44.3 Å². The fourth-order valence-corrected chi connectivity index (χ4v) is 7.50. The summed E-state index contributed by atoms with van der Waals surface area (Å²) in [4.78, 5) is 13.8. The van der Waals surface area contributed by atoms with Crippen LogP contribution >= 0.6 is 34.7 Å². The van der Waals surface area contributed by atoms with Crippen molar-refractivity contribution < 1.29 is 19.2 Å². The van der Waals surface area contributed by atoms with Crippen LogP contribution in [-0.2, 0) is 11.3 Å². The van der Waals surface area contributed by atoms with Gasteiger partial charge in [-0.3, -0.25) is 0 Å². The fourth-order valence-electron chi connectivity index (χ4n) is 6.12. The molecular weight excluding hydrogens is 545 g/mol. The Morgan fingerprint density at radius 2 is 1.87 bits per heavy atom. The van der Waals surface area contributed by atoms with Gasteiger partial charge in [0.05, 0.1) is 27.5 Å². The molecule has 3 heterocycles. The van der Waals surface area contributed by atoms with Gasteiger partial charge in [-0.05, 0) is 79.4 Å². The van der Waals surface area contributed by atoms with Gasteiger partial charge >= 0.3 is 5.97 Å². The highest BCUT2D eigenvalue weighted by Gasteiger charge is 2.42. The second kappa shape index (κ2) is 9.52. The molecule has 3 atom stereocenters. The Balaban J connectivity index is 1.03. The van der Waals surface area contributed by atoms with Crippen molar-refractivity contribution in [1.82, 2.24) is 9.53 Å². The Bertz CT molecular complexity index is 1510. The molecule has 196 valence electrons. The average molecular weight is 570 g/mol. The highest BCUT2D eigenvalue weighted by atomic mass is 35.5. The van der Waals surface area contributed by atoms with Gasteiger partial charge in [-0.25, -0.2) is 4.79 Å². The summed E-state index contributed by atoms with van der Waals surface area (Å²) < 4.78 is 17.3. The van der Waals surface area contributed by atoms with E-state index in [9.17, 15) is 9.90 Å². The summed E-state index contributed by atoms with van der Waals surface area (Å²) in [5.74, 6) is 1.45. The highest BCUT2D eigenvalue weighted by molar-refractivity contribution is 7.13. The molecule has 0 amide bonds. The molecule has 7 rings (SSSR count). The zero-order valence-electron chi connectivity index (χ0n) is 20.4. The third-order valence-corrected chi connectivity index (χ3v) is 9.60. The number of ether oxygens (including phenoxy) is 1. The summed E-state index contributed by atoms with van der Waals surface area (Å²) in [5, 5.41) is 15.5. The van der Waals surface area contributed by atoms with Gasteiger partial charge < -0.3 is 19.3 Å². The minimum atomic E-state index is -0.983. The van der Waals surface area contributed by atoms with Crippen molar-refractivity contribution in [2.24, 2.45) is 11.8 Å². The standard InChI is InChI=1S/C28H25Cl2N3O4S/c29-21-2-1-3-22(30)24(21)25-20(27(37-31-25)14-4-5-14)13-36-18-8-15-11-33(12-16(15)9-18)17-6-7-19-23(10-17)38-32-26(19)28(34)35/h1-3,6-7,10,14-16,18H,4-5,8-9,11-13H2,(H,34,35)/t15-,16+,18?. The second-order valence-corrected chi connectivity index (χ2v) is 12.2. The number of fused-ring (bicyclic) bond motifs is 2. The monoisotopic (exact) mass is 569 g/mol. The molecule has 3 fully saturated rings. The van der Waals surface area contributed by atoms with Gasteiger partial charge in [0.2, 0.25) is 0 Å². The molecule has 10 heteroatoms. The number of halogens is 2. The van der Waals surface area contributed by atoms with Crippen LogP contribution in [0.15, 0.2) is 40.9 Å². The number of rotatable bonds is 7. The van der Waals surface area contributed by atoms with Crippen molar-refractivity contribution in [1.29, 1.82) is 0 Å². The van der Waals surface area contributed by atoms with Crippen LogP contribution in [0.3, 0.4) is 0 Å². The van der Waals surface area contributed by atoms with Crippen molar-refractivity contribution in [2.75, 3.05) is 18.0 Å². The molecule has 1 unspecified atom stereocenters. The maximum atomic E-state index is 11.4. The summed E-state index contributed by atoms with van der Waals surface area (Å²) in [7, 11) is 0. The molecule has 4 aromatic rings. The van der Waals surface area contributed by atoms with Gasteiger partial charge in [0.1, 0.15) is 11.5 Å². The van der Waals surface area contributed by atoms with Crippen LogP contribution in [0.5, 0.6) is 0 Å². The lowest BCUT2D eigenvalue weighted by atomic mass is 10.0. The fraction of sp³-hybridized carbons (Fsp3) is 0.393. The molecule has 1 saturated heterocycles. The largest absolute Gasteiger partial charge is 0.476 e. The number of aromatic carboxylic acids is 1. The number of hydrogen-bond donors (Lipinski definition) is 1. The molecular formula is C28H25Cl2N3O4S. The van der Waals surface area contributed by atoms with Crippen LogP contribution in [0.1, 0.15) is 53.4 Å². The van der Waals surface area contributed by atoms with Crippen LogP contribution in [0.4, 0.5) is 5.69 Å². The minimum absolute atomic E-state index is 0.132. The molecule has 38 heavy (non-hydrogen) atoms. The number of nitrogens with zero attached hydrogens (tertiary/aromatic N) is 3. The minimum Gasteiger partial charge on any atom is -0.476 e. The van der Waals surface area contributed by atoms with Gasteiger partial charge in [0.25, 0.3) is 0 Å². The van der Waals surface area contributed by atoms with Gasteiger partial charge in [0, 0.05) is 41.2 Å². The van der Waals surface area contributed by atoms with E-state index in [4.69, 9.17) is 32.5 Å². The smallest absolute Gasteiger partial charge is 0.356 e. The van der Waals surface area contributed by atoms with Crippen LogP contribution in [0.2, 0.25) is 10.0 Å². The van der Waals surface area contributed by atoms with Crippen LogP contribution < -0.4 is 4.90 Å². The predicted octanol–water partition coefficient (Wildman–Crippen LogP) is 7.27. The first-order valence-corrected chi connectivity index (χ1v) is 14.4. The average Bonchev–Trinajstić information content (AvgIpc) is 3.20. The normalized spacial score (nSPS) is 22.9. The molecule has 2 saturated carbocycles. The molecule has 1 aliphatic heterocycles. The SMILES string of the molecule is O=C(O)c1nsc2cc(N3C[C@H]4CC(OCc5c(-c6c(Cl)cccc6Cl)noc5C5CC5)C[C@H]4C3)ccc12. The summed E-state index contributed by atoms with van der Waals surface area (Å²) in [6.45, 7) is 2.39. The number of carboxylic acid groups (broad SMARTS) is 1. The Kier molecular flexibility index (Phi) is 6.11. The van der Waals surface area contributed by atoms with Gasteiger partial charge in [-0.1, -0.05) is 34.4 Å². The molecule has 3 aliphatic rings. The number of hydrogen-bond acceptors (Lipinski definition) is 7. The van der Waals surface area contributed by atoms with Gasteiger partial charge in [-0.15, -0.1) is 0 Å². The van der Waals surface area contributed by atoms with Crippen molar-refractivity contribution in [3.05, 3.63) is 63.5 Å². The lowest BCUT2D eigenvalue weighted by Crippen LogP contribution is -2.23. The van der Waals surface area contributed by atoms with E-state index in [0.717, 1.165) is 60.5 Å². The first kappa shape index (κ1) is 24.4. The number of carboxylic acids is 1. The topological polar surface area (TPSA) is 88.7 Å². The molecule has 0 bridgehead atoms. The Labute approximate surface area is 233 Å². The van der Waals surface area contributed by atoms with E-state index in [0.29, 0.717) is 51.0 Å². The van der Waals surface area contributed by atoms with Gasteiger partial charge in [-0.2, -0.15) is 4.37 Å². The van der Waals surface area contributed by atoms with E-state index in [1.54, 1.807) is 0 Å². The maximum absolute atomic E-state index is 11.4. The molecule has 0 radical (unpaired) electrons. The number of carbonyl (C=O) groups is 1. The van der Waals surface area contributed by atoms with Gasteiger partial charge in [0.15, 0.2) is 5.69 Å². The lowest BCUT2D eigenvalue weighted by molar-refractivity contribution is 0.0403. The van der Waals surface area contributed by atoms with E-state index in [2.05, 4.69) is 20.5 Å².